The summed E-state index contributed by atoms with van der Waals surface area (Å²) < 4.78 is 4.73. The van der Waals surface area contributed by atoms with E-state index in [1.165, 1.54) is 0 Å². The molecule has 0 aliphatic carbocycles. The second-order valence-corrected chi connectivity index (χ2v) is 5.49. The van der Waals surface area contributed by atoms with Crippen molar-refractivity contribution >= 4 is 23.5 Å². The lowest BCUT2D eigenvalue weighted by Gasteiger charge is -2.03. The zero-order valence-corrected chi connectivity index (χ0v) is 15.5. The van der Waals surface area contributed by atoms with Gasteiger partial charge in [0.25, 0.3) is 0 Å². The van der Waals surface area contributed by atoms with Crippen molar-refractivity contribution in [2.24, 2.45) is 11.5 Å². The standard InChI is InChI=1S/C6H18N4.C6H10O4.C3H5ClO/c7-1-3-9-5-6-10-4-2-8;7-5(8)3-1-2-4-6(9)10;4-1-3-2-5-3/h9-10H,1-8H2;1-4H2,(H,7,8)(H,9,10);3H,1-2H2. The first-order valence-electron chi connectivity index (χ1n) is 8.40. The molecular weight excluding hydrogens is 352 g/mol. The van der Waals surface area contributed by atoms with E-state index in [9.17, 15) is 9.59 Å². The molecule has 1 heterocycles. The third kappa shape index (κ3) is 31.3. The lowest BCUT2D eigenvalue weighted by Crippen LogP contribution is -2.32. The summed E-state index contributed by atoms with van der Waals surface area (Å²) in [5, 5.41) is 22.6. The molecule has 150 valence electrons. The number of hydrogen-bond donors (Lipinski definition) is 6. The molecule has 0 spiro atoms. The van der Waals surface area contributed by atoms with E-state index in [1.807, 2.05) is 0 Å². The van der Waals surface area contributed by atoms with Crippen molar-refractivity contribution in [2.75, 3.05) is 51.8 Å². The average Bonchev–Trinajstić information content (AvgIpc) is 3.40. The Hall–Kier alpha value is -0.970. The highest BCUT2D eigenvalue weighted by Crippen LogP contribution is 2.08. The minimum atomic E-state index is -0.870. The van der Waals surface area contributed by atoms with Crippen LogP contribution in [0.5, 0.6) is 0 Å². The van der Waals surface area contributed by atoms with Crippen molar-refractivity contribution in [1.29, 1.82) is 0 Å². The molecule has 9 nitrogen and oxygen atoms in total. The number of alkyl halides is 1. The summed E-state index contributed by atoms with van der Waals surface area (Å²) in [7, 11) is 0. The lowest BCUT2D eigenvalue weighted by molar-refractivity contribution is -0.139. The van der Waals surface area contributed by atoms with Gasteiger partial charge in [0, 0.05) is 52.1 Å². The Kier molecular flexibility index (Phi) is 22.1. The number of ether oxygens (including phenoxy) is 1. The quantitative estimate of drug-likeness (QED) is 0.138. The van der Waals surface area contributed by atoms with E-state index in [0.717, 1.165) is 32.8 Å². The van der Waals surface area contributed by atoms with Gasteiger partial charge in [-0.1, -0.05) is 0 Å². The van der Waals surface area contributed by atoms with Crippen molar-refractivity contribution in [3.63, 3.8) is 0 Å². The molecule has 0 amide bonds. The van der Waals surface area contributed by atoms with E-state index < -0.39 is 11.9 Å². The predicted molar refractivity (Wildman–Crippen MR) is 98.0 cm³/mol. The van der Waals surface area contributed by atoms with Gasteiger partial charge >= 0.3 is 11.9 Å². The van der Waals surface area contributed by atoms with Crippen molar-refractivity contribution in [3.8, 4) is 0 Å². The number of carbonyl (C=O) groups is 2. The van der Waals surface area contributed by atoms with Crippen LogP contribution >= 0.6 is 11.6 Å². The zero-order chi connectivity index (χ0) is 19.3. The van der Waals surface area contributed by atoms with Crippen LogP contribution in [-0.2, 0) is 14.3 Å². The number of nitrogens with one attached hydrogen (secondary N) is 2. The maximum absolute atomic E-state index is 9.90. The van der Waals surface area contributed by atoms with Crippen LogP contribution in [0.1, 0.15) is 25.7 Å². The highest BCUT2D eigenvalue weighted by atomic mass is 35.5. The maximum atomic E-state index is 9.90. The average molecular weight is 385 g/mol. The molecule has 1 aliphatic heterocycles. The third-order valence-corrected chi connectivity index (χ3v) is 3.07. The molecule has 10 heteroatoms. The molecular formula is C15H33ClN4O5. The molecule has 0 aromatic rings. The van der Waals surface area contributed by atoms with Crippen molar-refractivity contribution in [2.45, 2.75) is 31.8 Å². The topological polar surface area (TPSA) is 163 Å². The number of halogens is 1. The van der Waals surface area contributed by atoms with Crippen molar-refractivity contribution in [1.82, 2.24) is 10.6 Å². The van der Waals surface area contributed by atoms with E-state index in [2.05, 4.69) is 10.6 Å². The van der Waals surface area contributed by atoms with Gasteiger partial charge in [0.1, 0.15) is 0 Å². The molecule has 0 radical (unpaired) electrons. The molecule has 0 aromatic carbocycles. The molecule has 1 unspecified atom stereocenters. The molecule has 0 bridgehead atoms. The van der Waals surface area contributed by atoms with Crippen molar-refractivity contribution in [3.05, 3.63) is 0 Å². The van der Waals surface area contributed by atoms with Crippen LogP contribution in [0, 0.1) is 0 Å². The van der Waals surface area contributed by atoms with Gasteiger partial charge in [-0.15, -0.1) is 11.6 Å². The smallest absolute Gasteiger partial charge is 0.303 e. The third-order valence-electron chi connectivity index (χ3n) is 2.73. The molecule has 1 atom stereocenters. The van der Waals surface area contributed by atoms with E-state index in [4.69, 9.17) is 38.0 Å². The Morgan fingerprint density at radius 1 is 0.960 bits per heavy atom. The van der Waals surface area contributed by atoms with Crippen LogP contribution < -0.4 is 22.1 Å². The first-order chi connectivity index (χ1) is 12.0. The van der Waals surface area contributed by atoms with Crippen LogP contribution in [0.3, 0.4) is 0 Å². The van der Waals surface area contributed by atoms with E-state index in [0.29, 0.717) is 37.9 Å². The summed E-state index contributed by atoms with van der Waals surface area (Å²) >= 11 is 5.27. The number of aliphatic carboxylic acids is 2. The predicted octanol–water partition coefficient (Wildman–Crippen LogP) is -0.577. The van der Waals surface area contributed by atoms with E-state index in [1.54, 1.807) is 0 Å². The number of carboxylic acids is 2. The molecule has 1 aliphatic rings. The summed E-state index contributed by atoms with van der Waals surface area (Å²) in [5.74, 6) is -1.07. The largest absolute Gasteiger partial charge is 0.481 e. The van der Waals surface area contributed by atoms with Crippen LogP contribution in [-0.4, -0.2) is 80.0 Å². The van der Waals surface area contributed by atoms with E-state index in [-0.39, 0.29) is 12.8 Å². The van der Waals surface area contributed by atoms with Crippen LogP contribution in [0.15, 0.2) is 0 Å². The van der Waals surface area contributed by atoms with E-state index >= 15 is 0 Å². The number of carboxylic acid groups (broad SMARTS) is 2. The fourth-order valence-electron chi connectivity index (χ4n) is 1.34. The van der Waals surface area contributed by atoms with Crippen LogP contribution in [0.2, 0.25) is 0 Å². The minimum absolute atomic E-state index is 0.0628. The van der Waals surface area contributed by atoms with Crippen LogP contribution in [0.25, 0.3) is 0 Å². The SMILES string of the molecule is ClCC1CO1.NCCNCCNCCN.O=C(O)CCCCC(=O)O. The Balaban J connectivity index is 0. The van der Waals surface area contributed by atoms with Gasteiger partial charge < -0.3 is 37.1 Å². The van der Waals surface area contributed by atoms with Gasteiger partial charge in [0.15, 0.2) is 0 Å². The Labute approximate surface area is 154 Å². The number of rotatable bonds is 13. The number of unbranched alkanes of at least 4 members (excludes halogenated alkanes) is 1. The highest BCUT2D eigenvalue weighted by molar-refractivity contribution is 6.18. The molecule has 1 fully saturated rings. The fourth-order valence-corrected chi connectivity index (χ4v) is 1.52. The van der Waals surface area contributed by atoms with Gasteiger partial charge in [-0.25, -0.2) is 0 Å². The zero-order valence-electron chi connectivity index (χ0n) is 14.7. The summed E-state index contributed by atoms with van der Waals surface area (Å²) in [4.78, 5) is 19.8. The number of epoxide rings is 1. The normalized spacial score (nSPS) is 14.6. The number of hydrogen-bond acceptors (Lipinski definition) is 7. The summed E-state index contributed by atoms with van der Waals surface area (Å²) in [6.45, 7) is 6.01. The Bertz CT molecular complexity index is 296. The Morgan fingerprint density at radius 2 is 1.36 bits per heavy atom. The second-order valence-electron chi connectivity index (χ2n) is 5.18. The lowest BCUT2D eigenvalue weighted by atomic mass is 10.2. The molecule has 8 N–H and O–H groups in total. The van der Waals surface area contributed by atoms with Gasteiger partial charge in [-0.05, 0) is 12.8 Å². The monoisotopic (exact) mass is 384 g/mol. The summed E-state index contributed by atoms with van der Waals surface area (Å²) in [6.07, 6.45) is 1.42. The van der Waals surface area contributed by atoms with Crippen molar-refractivity contribution < 1.29 is 24.5 Å². The van der Waals surface area contributed by atoms with Crippen LogP contribution in [0.4, 0.5) is 0 Å². The molecule has 0 aromatic heterocycles. The summed E-state index contributed by atoms with van der Waals surface area (Å²) in [6, 6.07) is 0. The molecule has 25 heavy (non-hydrogen) atoms. The number of nitrogens with two attached hydrogens (primary N) is 2. The molecule has 0 saturated carbocycles. The molecule has 1 saturated heterocycles. The first kappa shape index (κ1) is 26.3. The van der Waals surface area contributed by atoms with Gasteiger partial charge in [-0.2, -0.15) is 0 Å². The van der Waals surface area contributed by atoms with Gasteiger partial charge in [-0.3, -0.25) is 9.59 Å². The fraction of sp³-hybridized carbons (Fsp3) is 0.867. The van der Waals surface area contributed by atoms with Gasteiger partial charge in [0.2, 0.25) is 0 Å². The summed E-state index contributed by atoms with van der Waals surface area (Å²) in [5.41, 5.74) is 10.5. The second kappa shape index (κ2) is 21.1. The Morgan fingerprint density at radius 3 is 1.56 bits per heavy atom. The van der Waals surface area contributed by atoms with Gasteiger partial charge in [0.05, 0.1) is 18.6 Å². The molecule has 1 rings (SSSR count). The highest BCUT2D eigenvalue weighted by Gasteiger charge is 2.19. The maximum Gasteiger partial charge on any atom is 0.303 e. The minimum Gasteiger partial charge on any atom is -0.481 e. The first-order valence-corrected chi connectivity index (χ1v) is 8.94.